The van der Waals surface area contributed by atoms with E-state index in [4.69, 9.17) is 10.3 Å². The van der Waals surface area contributed by atoms with Gasteiger partial charge >= 0.3 is 6.18 Å². The highest BCUT2D eigenvalue weighted by molar-refractivity contribution is 6.02. The molecular weight excluding hydrogens is 597 g/mol. The van der Waals surface area contributed by atoms with Crippen molar-refractivity contribution in [2.45, 2.75) is 71.6 Å². The van der Waals surface area contributed by atoms with Crippen LogP contribution < -0.4 is 5.73 Å². The van der Waals surface area contributed by atoms with Gasteiger partial charge in [0.05, 0.1) is 29.9 Å². The first kappa shape index (κ1) is 32.7. The number of benzene rings is 2. The van der Waals surface area contributed by atoms with Crippen molar-refractivity contribution in [3.05, 3.63) is 100 Å². The van der Waals surface area contributed by atoms with Crippen molar-refractivity contribution in [1.29, 1.82) is 0 Å². The number of alkyl halides is 3. The van der Waals surface area contributed by atoms with E-state index >= 15 is 0 Å². The maximum absolute atomic E-state index is 14.1. The predicted molar refractivity (Wildman–Crippen MR) is 166 cm³/mol. The summed E-state index contributed by atoms with van der Waals surface area (Å²) in [6.07, 6.45) is 0.718. The number of amides is 2. The molecule has 0 saturated heterocycles. The topological polar surface area (TPSA) is 111 Å². The van der Waals surface area contributed by atoms with Crippen LogP contribution in [0.3, 0.4) is 0 Å². The van der Waals surface area contributed by atoms with Crippen molar-refractivity contribution in [2.24, 2.45) is 11.7 Å². The van der Waals surface area contributed by atoms with Gasteiger partial charge in [-0.3, -0.25) is 14.4 Å². The highest BCUT2D eigenvalue weighted by Crippen LogP contribution is 2.34. The van der Waals surface area contributed by atoms with E-state index in [0.717, 1.165) is 43.7 Å². The highest BCUT2D eigenvalue weighted by atomic mass is 19.4. The second-order valence-electron chi connectivity index (χ2n) is 11.9. The fourth-order valence-electron chi connectivity index (χ4n) is 6.28. The van der Waals surface area contributed by atoms with Gasteiger partial charge in [0.15, 0.2) is 5.78 Å². The Balaban J connectivity index is 1.50. The van der Waals surface area contributed by atoms with Gasteiger partial charge in [0.1, 0.15) is 11.5 Å². The molecule has 0 unspecified atom stereocenters. The van der Waals surface area contributed by atoms with Gasteiger partial charge < -0.3 is 19.7 Å². The first-order valence-corrected chi connectivity index (χ1v) is 15.4. The van der Waals surface area contributed by atoms with E-state index in [9.17, 15) is 27.6 Å². The summed E-state index contributed by atoms with van der Waals surface area (Å²) in [4.78, 5) is 41.7. The third kappa shape index (κ3) is 7.24. The van der Waals surface area contributed by atoms with Crippen LogP contribution >= 0.6 is 0 Å². The van der Waals surface area contributed by atoms with Crippen molar-refractivity contribution in [3.63, 3.8) is 0 Å². The van der Waals surface area contributed by atoms with Crippen molar-refractivity contribution >= 4 is 17.6 Å². The van der Waals surface area contributed by atoms with E-state index < -0.39 is 23.4 Å². The quantitative estimate of drug-likeness (QED) is 0.177. The monoisotopic (exact) mass is 634 g/mol. The van der Waals surface area contributed by atoms with Crippen LogP contribution in [0, 0.1) is 19.8 Å². The summed E-state index contributed by atoms with van der Waals surface area (Å²) in [6, 6.07) is 15.7. The van der Waals surface area contributed by atoms with E-state index in [1.807, 2.05) is 30.3 Å². The molecule has 0 bridgehead atoms. The van der Waals surface area contributed by atoms with Crippen LogP contribution in [0.4, 0.5) is 13.2 Å². The molecule has 1 fully saturated rings. The number of primary amides is 1. The number of Topliss-reactive ketones (excluding diaryl/α,β-unsaturated/α-hetero) is 1. The Kier molecular flexibility index (Phi) is 9.79. The number of hydrogen-bond donors (Lipinski definition) is 1. The Hall–Kier alpha value is -4.67. The van der Waals surface area contributed by atoms with Crippen LogP contribution in [0.25, 0.3) is 11.3 Å². The van der Waals surface area contributed by atoms with E-state index in [2.05, 4.69) is 5.16 Å². The van der Waals surface area contributed by atoms with Crippen LogP contribution in [0.15, 0.2) is 65.2 Å². The zero-order valence-corrected chi connectivity index (χ0v) is 25.9. The van der Waals surface area contributed by atoms with E-state index in [-0.39, 0.29) is 60.4 Å². The fourth-order valence-corrected chi connectivity index (χ4v) is 6.28. The van der Waals surface area contributed by atoms with Crippen LogP contribution in [0.2, 0.25) is 0 Å². The van der Waals surface area contributed by atoms with Crippen molar-refractivity contribution in [3.8, 4) is 11.3 Å². The third-order valence-electron chi connectivity index (χ3n) is 8.82. The van der Waals surface area contributed by atoms with Gasteiger partial charge in [0.2, 0.25) is 5.91 Å². The number of rotatable bonds is 11. The molecule has 1 saturated carbocycles. The van der Waals surface area contributed by atoms with Gasteiger partial charge in [-0.05, 0) is 50.3 Å². The van der Waals surface area contributed by atoms with Gasteiger partial charge in [-0.1, -0.05) is 73.0 Å². The fraction of sp³-hybridized carbons (Fsp3) is 0.371. The van der Waals surface area contributed by atoms with E-state index in [0.29, 0.717) is 17.0 Å². The normalized spacial score (nSPS) is 13.9. The predicted octanol–water partition coefficient (Wildman–Crippen LogP) is 7.11. The molecule has 0 radical (unpaired) electrons. The minimum atomic E-state index is -4.62. The lowest BCUT2D eigenvalue weighted by Gasteiger charge is -2.27. The minimum absolute atomic E-state index is 0.0101. The molecule has 8 nitrogen and oxygen atoms in total. The molecule has 0 aliphatic heterocycles. The summed E-state index contributed by atoms with van der Waals surface area (Å²) in [5.74, 6) is -0.866. The van der Waals surface area contributed by atoms with E-state index in [1.165, 1.54) is 40.7 Å². The smallest absolute Gasteiger partial charge is 0.366 e. The molecule has 2 heterocycles. The van der Waals surface area contributed by atoms with Gasteiger partial charge in [0, 0.05) is 29.8 Å². The van der Waals surface area contributed by atoms with Crippen molar-refractivity contribution in [1.82, 2.24) is 14.6 Å². The van der Waals surface area contributed by atoms with Gasteiger partial charge in [0.25, 0.3) is 5.91 Å². The van der Waals surface area contributed by atoms with Crippen LogP contribution in [0.5, 0.6) is 0 Å². The van der Waals surface area contributed by atoms with Gasteiger partial charge in [-0.15, -0.1) is 0 Å². The molecule has 2 amide bonds. The van der Waals surface area contributed by atoms with Crippen LogP contribution in [-0.4, -0.2) is 38.8 Å². The molecule has 242 valence electrons. The number of nitrogens with two attached hydrogens (primary N) is 1. The molecule has 0 atom stereocenters. The SMILES string of the molecule is Cc1onc(-c2ccccc2)c1CN(CC(=O)c1cc(C(N)=O)c(C)n1Cc1ccccc1C(F)(F)F)C(=O)CC1CCCCC1. The Labute approximate surface area is 265 Å². The Bertz CT molecular complexity index is 1720. The highest BCUT2D eigenvalue weighted by Gasteiger charge is 2.34. The zero-order valence-electron chi connectivity index (χ0n) is 25.9. The Morgan fingerprint density at radius 2 is 1.67 bits per heavy atom. The second kappa shape index (κ2) is 13.8. The molecule has 1 aliphatic rings. The minimum Gasteiger partial charge on any atom is -0.366 e. The maximum atomic E-state index is 14.1. The summed E-state index contributed by atoms with van der Waals surface area (Å²) in [5.41, 5.74) is 6.95. The molecule has 11 heteroatoms. The number of halogens is 3. The largest absolute Gasteiger partial charge is 0.416 e. The third-order valence-corrected chi connectivity index (χ3v) is 8.82. The molecule has 2 aromatic carbocycles. The molecule has 1 aliphatic carbocycles. The van der Waals surface area contributed by atoms with Gasteiger partial charge in [-0.25, -0.2) is 0 Å². The standard InChI is InChI=1S/C35H37F3N4O4/c1-22-27(34(39)45)18-30(42(22)19-26-15-9-10-16-29(26)35(36,37)38)31(43)21-41(32(44)17-24-11-5-3-6-12-24)20-28-23(2)46-40-33(28)25-13-7-4-8-14-25/h4,7-10,13-16,18,24H,3,5-6,11-12,17,19-21H2,1-2H3,(H2,39,45). The van der Waals surface area contributed by atoms with Crippen LogP contribution in [-0.2, 0) is 24.1 Å². The number of aryl methyl sites for hydroxylation is 1. The summed E-state index contributed by atoms with van der Waals surface area (Å²) in [7, 11) is 0. The molecule has 0 spiro atoms. The number of carbonyl (C=O) groups is 3. The maximum Gasteiger partial charge on any atom is 0.416 e. The summed E-state index contributed by atoms with van der Waals surface area (Å²) < 4.78 is 48.5. The van der Waals surface area contributed by atoms with E-state index in [1.54, 1.807) is 6.92 Å². The van der Waals surface area contributed by atoms with Crippen molar-refractivity contribution < 1.29 is 32.1 Å². The second-order valence-corrected chi connectivity index (χ2v) is 11.9. The number of hydrogen-bond acceptors (Lipinski definition) is 5. The zero-order chi connectivity index (χ0) is 33.0. The summed E-state index contributed by atoms with van der Waals surface area (Å²) in [5, 5.41) is 4.23. The number of aromatic nitrogens is 2. The van der Waals surface area contributed by atoms with Gasteiger partial charge in [-0.2, -0.15) is 13.2 Å². The molecular formula is C35H37F3N4O4. The summed E-state index contributed by atoms with van der Waals surface area (Å²) in [6.45, 7) is 2.62. The lowest BCUT2D eigenvalue weighted by Crippen LogP contribution is -2.37. The average molecular weight is 635 g/mol. The number of carbonyl (C=O) groups excluding carboxylic acids is 3. The lowest BCUT2D eigenvalue weighted by molar-refractivity contribution is -0.138. The van der Waals surface area contributed by atoms with Crippen LogP contribution in [0.1, 0.15) is 87.5 Å². The Morgan fingerprint density at radius 3 is 2.35 bits per heavy atom. The summed E-state index contributed by atoms with van der Waals surface area (Å²) >= 11 is 0. The molecule has 46 heavy (non-hydrogen) atoms. The van der Waals surface area contributed by atoms with Crippen molar-refractivity contribution in [2.75, 3.05) is 6.54 Å². The molecule has 4 aromatic rings. The molecule has 5 rings (SSSR count). The molecule has 2 N–H and O–H groups in total. The molecule has 2 aromatic heterocycles. The first-order chi connectivity index (χ1) is 21.9. The number of ketones is 1. The number of nitrogens with zero attached hydrogens (tertiary/aromatic N) is 3. The lowest BCUT2D eigenvalue weighted by atomic mass is 9.86. The first-order valence-electron chi connectivity index (χ1n) is 15.4. The Morgan fingerprint density at radius 1 is 1.00 bits per heavy atom. The average Bonchev–Trinajstić information content (AvgIpc) is 3.56.